The van der Waals surface area contributed by atoms with Gasteiger partial charge in [0.1, 0.15) is 22.3 Å². The standard InChI is InChI=1S/C18H13N5S.2ClH/c1-4-15(18-20-9-10-24-18)22-17(5-1)23-16-7-6-14(12-21-16)13-3-2-8-19-11-13;;/h1-12H,(H,21,22,23);2*1H. The number of hydrogen-bond acceptors (Lipinski definition) is 6. The van der Waals surface area contributed by atoms with Crippen molar-refractivity contribution in [3.63, 3.8) is 0 Å². The summed E-state index contributed by atoms with van der Waals surface area (Å²) < 4.78 is 0. The van der Waals surface area contributed by atoms with Crippen molar-refractivity contribution in [1.29, 1.82) is 0 Å². The number of hydrogen-bond donors (Lipinski definition) is 1. The van der Waals surface area contributed by atoms with E-state index in [-0.39, 0.29) is 24.8 Å². The molecule has 0 aromatic carbocycles. The molecule has 4 aromatic heterocycles. The van der Waals surface area contributed by atoms with Crippen LogP contribution < -0.4 is 5.32 Å². The van der Waals surface area contributed by atoms with Crippen LogP contribution in [0.5, 0.6) is 0 Å². The number of nitrogens with one attached hydrogen (secondary N) is 1. The van der Waals surface area contributed by atoms with Crippen molar-refractivity contribution in [3.05, 3.63) is 72.6 Å². The van der Waals surface area contributed by atoms with E-state index in [9.17, 15) is 0 Å². The number of halogens is 2. The molecule has 132 valence electrons. The first-order valence-corrected chi connectivity index (χ1v) is 8.27. The van der Waals surface area contributed by atoms with E-state index in [1.54, 1.807) is 23.7 Å². The van der Waals surface area contributed by atoms with Crippen LogP contribution in [0.1, 0.15) is 0 Å². The average molecular weight is 404 g/mol. The Morgan fingerprint density at radius 3 is 2.35 bits per heavy atom. The molecule has 4 aromatic rings. The summed E-state index contributed by atoms with van der Waals surface area (Å²) in [6.45, 7) is 0. The van der Waals surface area contributed by atoms with Crippen LogP contribution in [0.3, 0.4) is 0 Å². The van der Waals surface area contributed by atoms with Gasteiger partial charge in [-0.3, -0.25) is 4.98 Å². The summed E-state index contributed by atoms with van der Waals surface area (Å²) >= 11 is 1.57. The second kappa shape index (κ2) is 9.24. The van der Waals surface area contributed by atoms with E-state index in [4.69, 9.17) is 0 Å². The van der Waals surface area contributed by atoms with Crippen LogP contribution in [0.4, 0.5) is 11.6 Å². The number of thiazole rings is 1. The lowest BCUT2D eigenvalue weighted by Crippen LogP contribution is -1.96. The highest BCUT2D eigenvalue weighted by molar-refractivity contribution is 7.13. The number of nitrogens with zero attached hydrogens (tertiary/aromatic N) is 4. The third kappa shape index (κ3) is 4.54. The lowest BCUT2D eigenvalue weighted by Gasteiger charge is -2.07. The minimum Gasteiger partial charge on any atom is -0.325 e. The van der Waals surface area contributed by atoms with Gasteiger partial charge in [0.25, 0.3) is 0 Å². The molecule has 0 aliphatic rings. The highest BCUT2D eigenvalue weighted by Crippen LogP contribution is 2.23. The summed E-state index contributed by atoms with van der Waals surface area (Å²) in [4.78, 5) is 17.4. The van der Waals surface area contributed by atoms with Gasteiger partial charge < -0.3 is 5.32 Å². The fourth-order valence-corrected chi connectivity index (χ4v) is 2.88. The van der Waals surface area contributed by atoms with Crippen molar-refractivity contribution in [2.45, 2.75) is 0 Å². The zero-order valence-electron chi connectivity index (χ0n) is 13.4. The molecule has 5 nitrogen and oxygen atoms in total. The summed E-state index contributed by atoms with van der Waals surface area (Å²) in [6, 6.07) is 13.7. The number of anilines is 2. The Hall–Kier alpha value is -2.54. The predicted molar refractivity (Wildman–Crippen MR) is 111 cm³/mol. The quantitative estimate of drug-likeness (QED) is 0.503. The summed E-state index contributed by atoms with van der Waals surface area (Å²) in [5.74, 6) is 1.48. The molecule has 0 amide bonds. The van der Waals surface area contributed by atoms with Crippen molar-refractivity contribution < 1.29 is 0 Å². The van der Waals surface area contributed by atoms with Gasteiger partial charge in [0, 0.05) is 41.3 Å². The number of aromatic nitrogens is 4. The van der Waals surface area contributed by atoms with Gasteiger partial charge in [-0.2, -0.15) is 0 Å². The second-order valence-electron chi connectivity index (χ2n) is 5.04. The van der Waals surface area contributed by atoms with Crippen molar-refractivity contribution in [2.24, 2.45) is 0 Å². The van der Waals surface area contributed by atoms with E-state index in [0.717, 1.165) is 33.5 Å². The number of rotatable bonds is 4. The minimum atomic E-state index is 0. The van der Waals surface area contributed by atoms with Crippen LogP contribution in [0.25, 0.3) is 21.8 Å². The predicted octanol–water partition coefficient (Wildman–Crippen LogP) is 5.25. The van der Waals surface area contributed by atoms with Crippen molar-refractivity contribution in [1.82, 2.24) is 19.9 Å². The summed E-state index contributed by atoms with van der Waals surface area (Å²) in [5.41, 5.74) is 2.92. The summed E-state index contributed by atoms with van der Waals surface area (Å²) in [5, 5.41) is 6.07. The third-order valence-electron chi connectivity index (χ3n) is 3.42. The normalized spacial score (nSPS) is 9.69. The molecule has 0 saturated heterocycles. The van der Waals surface area contributed by atoms with E-state index in [2.05, 4.69) is 25.3 Å². The molecule has 1 N–H and O–H groups in total. The maximum Gasteiger partial charge on any atom is 0.141 e. The maximum atomic E-state index is 4.58. The van der Waals surface area contributed by atoms with Gasteiger partial charge in [0.05, 0.1) is 0 Å². The second-order valence-corrected chi connectivity index (χ2v) is 5.94. The van der Waals surface area contributed by atoms with Crippen LogP contribution >= 0.6 is 36.2 Å². The van der Waals surface area contributed by atoms with E-state index < -0.39 is 0 Å². The molecule has 0 aliphatic heterocycles. The van der Waals surface area contributed by atoms with E-state index in [1.165, 1.54) is 0 Å². The summed E-state index contributed by atoms with van der Waals surface area (Å²) in [7, 11) is 0. The Bertz CT molecular complexity index is 931. The lowest BCUT2D eigenvalue weighted by atomic mass is 10.1. The molecule has 4 heterocycles. The third-order valence-corrected chi connectivity index (χ3v) is 4.21. The van der Waals surface area contributed by atoms with Gasteiger partial charge in [-0.05, 0) is 30.3 Å². The SMILES string of the molecule is Cl.Cl.c1cncc(-c2ccc(Nc3cccc(-c4nccs4)n3)nc2)c1. The van der Waals surface area contributed by atoms with E-state index in [1.807, 2.05) is 60.2 Å². The largest absolute Gasteiger partial charge is 0.325 e. The van der Waals surface area contributed by atoms with Crippen LogP contribution in [-0.4, -0.2) is 19.9 Å². The molecule has 4 rings (SSSR count). The zero-order chi connectivity index (χ0) is 16.2. The fourth-order valence-electron chi connectivity index (χ4n) is 2.28. The highest BCUT2D eigenvalue weighted by Gasteiger charge is 2.04. The van der Waals surface area contributed by atoms with E-state index in [0.29, 0.717) is 0 Å². The Kier molecular flexibility index (Phi) is 7.03. The fraction of sp³-hybridized carbons (Fsp3) is 0. The Balaban J connectivity index is 0.00000121. The van der Waals surface area contributed by atoms with Gasteiger partial charge >= 0.3 is 0 Å². The molecule has 0 spiro atoms. The van der Waals surface area contributed by atoms with Crippen LogP contribution in [0, 0.1) is 0 Å². The van der Waals surface area contributed by atoms with Gasteiger partial charge in [0.2, 0.25) is 0 Å². The van der Waals surface area contributed by atoms with Gasteiger partial charge in [0.15, 0.2) is 0 Å². The summed E-state index contributed by atoms with van der Waals surface area (Å²) in [6.07, 6.45) is 7.18. The first kappa shape index (κ1) is 19.8. The average Bonchev–Trinajstić information content (AvgIpc) is 3.18. The van der Waals surface area contributed by atoms with E-state index >= 15 is 0 Å². The Morgan fingerprint density at radius 2 is 1.65 bits per heavy atom. The maximum absolute atomic E-state index is 4.58. The smallest absolute Gasteiger partial charge is 0.141 e. The molecule has 0 radical (unpaired) electrons. The molecular weight excluding hydrogens is 389 g/mol. The molecular formula is C18H15Cl2N5S. The Labute approximate surface area is 167 Å². The molecule has 0 unspecified atom stereocenters. The van der Waals surface area contributed by atoms with Crippen LogP contribution in [0.2, 0.25) is 0 Å². The molecule has 26 heavy (non-hydrogen) atoms. The molecule has 0 aliphatic carbocycles. The molecule has 0 fully saturated rings. The first-order valence-electron chi connectivity index (χ1n) is 7.39. The van der Waals surface area contributed by atoms with Crippen LogP contribution in [-0.2, 0) is 0 Å². The first-order chi connectivity index (χ1) is 11.9. The lowest BCUT2D eigenvalue weighted by molar-refractivity contribution is 1.24. The van der Waals surface area contributed by atoms with Gasteiger partial charge in [-0.15, -0.1) is 36.2 Å². The van der Waals surface area contributed by atoms with Crippen molar-refractivity contribution in [2.75, 3.05) is 5.32 Å². The molecule has 0 bridgehead atoms. The topological polar surface area (TPSA) is 63.6 Å². The van der Waals surface area contributed by atoms with Crippen LogP contribution in [0.15, 0.2) is 72.6 Å². The number of pyridine rings is 3. The molecule has 0 atom stereocenters. The van der Waals surface area contributed by atoms with Crippen molar-refractivity contribution >= 4 is 47.8 Å². The highest BCUT2D eigenvalue weighted by atomic mass is 35.5. The monoisotopic (exact) mass is 403 g/mol. The zero-order valence-corrected chi connectivity index (χ0v) is 15.9. The molecule has 0 saturated carbocycles. The Morgan fingerprint density at radius 1 is 0.769 bits per heavy atom. The minimum absolute atomic E-state index is 0. The van der Waals surface area contributed by atoms with Gasteiger partial charge in [-0.1, -0.05) is 12.1 Å². The van der Waals surface area contributed by atoms with Gasteiger partial charge in [-0.25, -0.2) is 15.0 Å². The molecule has 8 heteroatoms. The van der Waals surface area contributed by atoms with Crippen molar-refractivity contribution in [3.8, 4) is 21.8 Å².